The first kappa shape index (κ1) is 9.57. The Kier molecular flexibility index (Phi) is 2.49. The summed E-state index contributed by atoms with van der Waals surface area (Å²) in [6.45, 7) is 0. The summed E-state index contributed by atoms with van der Waals surface area (Å²) in [6.07, 6.45) is 0. The van der Waals surface area contributed by atoms with Crippen molar-refractivity contribution in [1.82, 2.24) is 0 Å². The molecular formula is C13H9Ti-. The van der Waals surface area contributed by atoms with Gasteiger partial charge in [0, 0.05) is 21.7 Å². The Hall–Kier alpha value is -0.976. The van der Waals surface area contributed by atoms with Crippen LogP contribution in [0.25, 0.3) is 21.5 Å². The first-order chi connectivity index (χ1) is 6.45. The molecule has 0 heterocycles. The van der Waals surface area contributed by atoms with Crippen molar-refractivity contribution in [1.29, 1.82) is 0 Å². The number of fused-ring (bicyclic) bond motifs is 3. The van der Waals surface area contributed by atoms with Crippen LogP contribution >= 0.6 is 0 Å². The maximum atomic E-state index is 2.24. The molecule has 3 aromatic carbocycles. The van der Waals surface area contributed by atoms with Crippen molar-refractivity contribution in [2.24, 2.45) is 0 Å². The van der Waals surface area contributed by atoms with E-state index in [0.717, 1.165) is 0 Å². The predicted molar refractivity (Wildman–Crippen MR) is 57.0 cm³/mol. The van der Waals surface area contributed by atoms with Crippen LogP contribution in [0.2, 0.25) is 0 Å². The van der Waals surface area contributed by atoms with Crippen LogP contribution in [0.3, 0.4) is 0 Å². The molecule has 0 N–H and O–H groups in total. The van der Waals surface area contributed by atoms with Gasteiger partial charge in [0.2, 0.25) is 0 Å². The SMILES string of the molecule is [Ti].c1ccc2c(c1)[cH-]c1ccccc12. The van der Waals surface area contributed by atoms with E-state index in [2.05, 4.69) is 54.6 Å². The Labute approximate surface area is 97.8 Å². The van der Waals surface area contributed by atoms with E-state index in [-0.39, 0.29) is 21.7 Å². The van der Waals surface area contributed by atoms with E-state index in [4.69, 9.17) is 0 Å². The molecule has 0 spiro atoms. The van der Waals surface area contributed by atoms with Gasteiger partial charge in [-0.2, -0.15) is 0 Å². The third kappa shape index (κ3) is 1.32. The van der Waals surface area contributed by atoms with Gasteiger partial charge in [0.05, 0.1) is 0 Å². The summed E-state index contributed by atoms with van der Waals surface area (Å²) in [5.41, 5.74) is 0. The van der Waals surface area contributed by atoms with E-state index < -0.39 is 0 Å². The van der Waals surface area contributed by atoms with E-state index in [9.17, 15) is 0 Å². The standard InChI is InChI=1S/C13H9.Ti/c1-3-7-12-10(5-1)9-11-6-2-4-8-13(11)12;/h1-9H;/q-1;. The van der Waals surface area contributed by atoms with E-state index in [1.165, 1.54) is 21.5 Å². The van der Waals surface area contributed by atoms with Crippen LogP contribution in [-0.4, -0.2) is 0 Å². The summed E-state index contributed by atoms with van der Waals surface area (Å²) in [5.74, 6) is 0. The first-order valence-corrected chi connectivity index (χ1v) is 4.48. The quantitative estimate of drug-likeness (QED) is 0.394. The van der Waals surface area contributed by atoms with Crippen molar-refractivity contribution < 1.29 is 21.7 Å². The summed E-state index contributed by atoms with van der Waals surface area (Å²) < 4.78 is 0. The van der Waals surface area contributed by atoms with Crippen LogP contribution in [0.1, 0.15) is 0 Å². The van der Waals surface area contributed by atoms with Crippen LogP contribution in [0.5, 0.6) is 0 Å². The molecule has 0 fully saturated rings. The summed E-state index contributed by atoms with van der Waals surface area (Å²) in [6, 6.07) is 19.3. The number of hydrogen-bond acceptors (Lipinski definition) is 0. The molecule has 0 nitrogen and oxygen atoms in total. The molecule has 0 aliphatic carbocycles. The molecule has 14 heavy (non-hydrogen) atoms. The normalized spacial score (nSPS) is 10.3. The van der Waals surface area contributed by atoms with Crippen LogP contribution in [0.15, 0.2) is 54.6 Å². The maximum absolute atomic E-state index is 2.24. The van der Waals surface area contributed by atoms with Crippen LogP contribution < -0.4 is 0 Å². The number of benzene rings is 2. The summed E-state index contributed by atoms with van der Waals surface area (Å²) in [4.78, 5) is 0. The monoisotopic (exact) mass is 213 g/mol. The second-order valence-corrected chi connectivity index (χ2v) is 3.32. The van der Waals surface area contributed by atoms with E-state index in [1.54, 1.807) is 0 Å². The second kappa shape index (κ2) is 3.64. The molecule has 0 atom stereocenters. The molecule has 3 aromatic rings. The van der Waals surface area contributed by atoms with Crippen LogP contribution in [0.4, 0.5) is 0 Å². The van der Waals surface area contributed by atoms with Gasteiger partial charge in [0.25, 0.3) is 0 Å². The molecule has 3 rings (SSSR count). The molecule has 0 aromatic heterocycles. The van der Waals surface area contributed by atoms with E-state index >= 15 is 0 Å². The Morgan fingerprint density at radius 2 is 1.07 bits per heavy atom. The van der Waals surface area contributed by atoms with Crippen molar-refractivity contribution >= 4 is 21.5 Å². The van der Waals surface area contributed by atoms with Crippen molar-refractivity contribution in [3.63, 3.8) is 0 Å². The second-order valence-electron chi connectivity index (χ2n) is 3.32. The first-order valence-electron chi connectivity index (χ1n) is 4.48. The molecule has 0 amide bonds. The van der Waals surface area contributed by atoms with Crippen LogP contribution in [-0.2, 0) is 21.7 Å². The average molecular weight is 213 g/mol. The van der Waals surface area contributed by atoms with Gasteiger partial charge in [0.15, 0.2) is 0 Å². The Bertz CT molecular complexity index is 513. The predicted octanol–water partition coefficient (Wildman–Crippen LogP) is 3.71. The third-order valence-corrected chi connectivity index (χ3v) is 2.52. The van der Waals surface area contributed by atoms with Crippen LogP contribution in [0, 0.1) is 0 Å². The molecule has 0 aliphatic heterocycles. The smallest absolute Gasteiger partial charge is 0 e. The maximum Gasteiger partial charge on any atom is 0 e. The Morgan fingerprint density at radius 3 is 1.57 bits per heavy atom. The molecule has 0 aliphatic rings. The largest absolute Gasteiger partial charge is 0.126 e. The van der Waals surface area contributed by atoms with E-state index in [0.29, 0.717) is 0 Å². The number of rotatable bonds is 0. The van der Waals surface area contributed by atoms with Gasteiger partial charge in [-0.15, -0.1) is 39.7 Å². The van der Waals surface area contributed by atoms with Gasteiger partial charge < -0.3 is 0 Å². The zero-order chi connectivity index (χ0) is 8.67. The molecule has 0 bridgehead atoms. The van der Waals surface area contributed by atoms with Gasteiger partial charge in [-0.1, -0.05) is 36.4 Å². The van der Waals surface area contributed by atoms with Gasteiger partial charge in [-0.05, 0) is 0 Å². The van der Waals surface area contributed by atoms with Crippen molar-refractivity contribution in [2.45, 2.75) is 0 Å². The molecule has 0 unspecified atom stereocenters. The fourth-order valence-corrected chi connectivity index (χ4v) is 1.90. The van der Waals surface area contributed by atoms with Crippen molar-refractivity contribution in [3.05, 3.63) is 54.6 Å². The minimum absolute atomic E-state index is 0. The zero-order valence-corrected chi connectivity index (χ0v) is 9.26. The van der Waals surface area contributed by atoms with E-state index in [1.807, 2.05) is 0 Å². The molecular weight excluding hydrogens is 204 g/mol. The van der Waals surface area contributed by atoms with Gasteiger partial charge in [-0.3, -0.25) is 0 Å². The van der Waals surface area contributed by atoms with Crippen molar-refractivity contribution in [2.75, 3.05) is 0 Å². The third-order valence-electron chi connectivity index (χ3n) is 2.52. The molecule has 0 radical (unpaired) electrons. The minimum atomic E-state index is 0. The molecule has 0 saturated heterocycles. The molecule has 66 valence electrons. The minimum Gasteiger partial charge on any atom is -0.126 e. The topological polar surface area (TPSA) is 0 Å². The molecule has 1 heteroatoms. The number of hydrogen-bond donors (Lipinski definition) is 0. The Balaban J connectivity index is 0.000000750. The molecule has 0 saturated carbocycles. The van der Waals surface area contributed by atoms with Gasteiger partial charge in [0.1, 0.15) is 0 Å². The fraction of sp³-hybridized carbons (Fsp3) is 0. The fourth-order valence-electron chi connectivity index (χ4n) is 1.90. The summed E-state index contributed by atoms with van der Waals surface area (Å²) >= 11 is 0. The Morgan fingerprint density at radius 1 is 0.643 bits per heavy atom. The van der Waals surface area contributed by atoms with Gasteiger partial charge >= 0.3 is 0 Å². The average Bonchev–Trinajstić information content (AvgIpc) is 2.56. The summed E-state index contributed by atoms with van der Waals surface area (Å²) in [7, 11) is 0. The van der Waals surface area contributed by atoms with Crippen molar-refractivity contribution in [3.8, 4) is 0 Å². The zero-order valence-electron chi connectivity index (χ0n) is 7.70. The summed E-state index contributed by atoms with van der Waals surface area (Å²) in [5, 5.41) is 5.39. The van der Waals surface area contributed by atoms with Gasteiger partial charge in [-0.25, -0.2) is 0 Å².